The van der Waals surface area contributed by atoms with Gasteiger partial charge in [-0.25, -0.2) is 0 Å². The van der Waals surface area contributed by atoms with E-state index in [1.165, 1.54) is 17.3 Å². The third-order valence-electron chi connectivity index (χ3n) is 4.91. The summed E-state index contributed by atoms with van der Waals surface area (Å²) in [5.74, 6) is 2.13. The van der Waals surface area contributed by atoms with Crippen molar-refractivity contribution in [3.63, 3.8) is 0 Å². The molecule has 1 heterocycles. The Bertz CT molecular complexity index is 979. The van der Waals surface area contributed by atoms with Crippen LogP contribution in [0.4, 0.5) is 0 Å². The van der Waals surface area contributed by atoms with Crippen molar-refractivity contribution in [1.82, 2.24) is 14.8 Å². The van der Waals surface area contributed by atoms with E-state index in [1.54, 1.807) is 7.11 Å². The van der Waals surface area contributed by atoms with Crippen LogP contribution >= 0.6 is 11.8 Å². The molecular formula is C24H29N3O2S. The second-order valence-corrected chi connectivity index (χ2v) is 9.02. The molecule has 5 nitrogen and oxygen atoms in total. The van der Waals surface area contributed by atoms with Crippen molar-refractivity contribution in [3.8, 4) is 17.1 Å². The lowest BCUT2D eigenvalue weighted by molar-refractivity contribution is 0.0994. The normalized spacial score (nSPS) is 12.2. The van der Waals surface area contributed by atoms with Crippen LogP contribution in [0, 0.1) is 5.92 Å². The van der Waals surface area contributed by atoms with Gasteiger partial charge in [-0.2, -0.15) is 0 Å². The summed E-state index contributed by atoms with van der Waals surface area (Å²) < 4.78 is 7.37. The average Bonchev–Trinajstić information content (AvgIpc) is 3.14. The van der Waals surface area contributed by atoms with E-state index < -0.39 is 0 Å². The van der Waals surface area contributed by atoms with Gasteiger partial charge in [-0.1, -0.05) is 56.8 Å². The van der Waals surface area contributed by atoms with E-state index in [9.17, 15) is 4.79 Å². The number of nitrogens with zero attached hydrogens (tertiary/aromatic N) is 3. The first kappa shape index (κ1) is 22.1. The number of Topliss-reactive ketones (excluding diaryl/α,β-unsaturated/α-hetero) is 1. The van der Waals surface area contributed by atoms with Gasteiger partial charge in [0.15, 0.2) is 16.8 Å². The summed E-state index contributed by atoms with van der Waals surface area (Å²) in [7, 11) is 1.65. The Hall–Kier alpha value is -2.60. The maximum absolute atomic E-state index is 12.9. The van der Waals surface area contributed by atoms with Crippen LogP contribution in [0.3, 0.4) is 0 Å². The average molecular weight is 424 g/mol. The van der Waals surface area contributed by atoms with Crippen LogP contribution < -0.4 is 4.74 Å². The van der Waals surface area contributed by atoms with Gasteiger partial charge in [0, 0.05) is 17.7 Å². The van der Waals surface area contributed by atoms with E-state index in [2.05, 4.69) is 35.5 Å². The highest BCUT2D eigenvalue weighted by Crippen LogP contribution is 2.30. The summed E-state index contributed by atoms with van der Waals surface area (Å²) in [6.07, 6.45) is 0.964. The molecule has 0 fully saturated rings. The fourth-order valence-corrected chi connectivity index (χ4v) is 4.15. The number of benzene rings is 2. The molecule has 0 N–H and O–H groups in total. The highest BCUT2D eigenvalue weighted by atomic mass is 32.2. The number of aromatic nitrogens is 3. The van der Waals surface area contributed by atoms with Gasteiger partial charge in [0.05, 0.1) is 12.4 Å². The Balaban J connectivity index is 1.85. The summed E-state index contributed by atoms with van der Waals surface area (Å²) in [5.41, 5.74) is 2.94. The van der Waals surface area contributed by atoms with Crippen LogP contribution in [0.1, 0.15) is 43.6 Å². The minimum atomic E-state index is -0.253. The number of carbonyl (C=O) groups is 1. The molecule has 1 aromatic heterocycles. The molecule has 0 unspecified atom stereocenters. The summed E-state index contributed by atoms with van der Waals surface area (Å²) in [6, 6.07) is 15.7. The number of carbonyl (C=O) groups excluding carboxylic acids is 1. The van der Waals surface area contributed by atoms with Gasteiger partial charge in [0.25, 0.3) is 0 Å². The van der Waals surface area contributed by atoms with Gasteiger partial charge >= 0.3 is 0 Å². The van der Waals surface area contributed by atoms with Crippen LogP contribution in [0.2, 0.25) is 0 Å². The van der Waals surface area contributed by atoms with Crippen molar-refractivity contribution in [2.24, 2.45) is 5.92 Å². The molecule has 0 saturated heterocycles. The molecule has 158 valence electrons. The SMILES string of the molecule is CCc1ccc(C(=O)[C@@H](C)Sc2nnc(-c3ccc(OC)cc3)n2CC(C)C)cc1. The molecule has 0 spiro atoms. The first-order chi connectivity index (χ1) is 14.4. The smallest absolute Gasteiger partial charge is 0.192 e. The lowest BCUT2D eigenvalue weighted by atomic mass is 10.1. The van der Waals surface area contributed by atoms with Crippen molar-refractivity contribution in [3.05, 3.63) is 59.7 Å². The van der Waals surface area contributed by atoms with Crippen molar-refractivity contribution in [2.45, 2.75) is 51.1 Å². The minimum absolute atomic E-state index is 0.104. The van der Waals surface area contributed by atoms with E-state index in [0.29, 0.717) is 5.92 Å². The summed E-state index contributed by atoms with van der Waals surface area (Å²) in [4.78, 5) is 12.9. The monoisotopic (exact) mass is 423 g/mol. The van der Waals surface area contributed by atoms with E-state index >= 15 is 0 Å². The van der Waals surface area contributed by atoms with Crippen LogP contribution in [-0.4, -0.2) is 32.9 Å². The van der Waals surface area contributed by atoms with Crippen molar-refractivity contribution >= 4 is 17.5 Å². The fourth-order valence-electron chi connectivity index (χ4n) is 3.21. The summed E-state index contributed by atoms with van der Waals surface area (Å²) in [6.45, 7) is 9.15. The first-order valence-electron chi connectivity index (χ1n) is 10.3. The number of ketones is 1. The Morgan fingerprint density at radius 3 is 2.27 bits per heavy atom. The van der Waals surface area contributed by atoms with Gasteiger partial charge in [-0.3, -0.25) is 4.79 Å². The van der Waals surface area contributed by atoms with E-state index in [0.717, 1.165) is 40.8 Å². The van der Waals surface area contributed by atoms with Crippen LogP contribution in [0.25, 0.3) is 11.4 Å². The maximum atomic E-state index is 12.9. The molecule has 3 rings (SSSR count). The lowest BCUT2D eigenvalue weighted by Crippen LogP contribution is -2.15. The quantitative estimate of drug-likeness (QED) is 0.334. The Morgan fingerprint density at radius 1 is 1.03 bits per heavy atom. The molecule has 30 heavy (non-hydrogen) atoms. The molecule has 0 amide bonds. The minimum Gasteiger partial charge on any atom is -0.497 e. The third-order valence-corrected chi connectivity index (χ3v) is 5.99. The molecule has 0 bridgehead atoms. The van der Waals surface area contributed by atoms with Gasteiger partial charge in [-0.05, 0) is 49.1 Å². The van der Waals surface area contributed by atoms with Crippen LogP contribution in [0.15, 0.2) is 53.7 Å². The van der Waals surface area contributed by atoms with Crippen molar-refractivity contribution in [1.29, 1.82) is 0 Å². The number of aryl methyl sites for hydroxylation is 1. The molecule has 6 heteroatoms. The predicted molar refractivity (Wildman–Crippen MR) is 122 cm³/mol. The fraction of sp³-hybridized carbons (Fsp3) is 0.375. The van der Waals surface area contributed by atoms with Crippen LogP contribution in [0.5, 0.6) is 5.75 Å². The Labute approximate surface area is 182 Å². The molecule has 3 aromatic rings. The van der Waals surface area contributed by atoms with Gasteiger partial charge in [0.2, 0.25) is 0 Å². The van der Waals surface area contributed by atoms with Crippen molar-refractivity contribution in [2.75, 3.05) is 7.11 Å². The molecule has 1 atom stereocenters. The first-order valence-corrected chi connectivity index (χ1v) is 11.2. The van der Waals surface area contributed by atoms with E-state index in [4.69, 9.17) is 4.74 Å². The van der Waals surface area contributed by atoms with Crippen molar-refractivity contribution < 1.29 is 9.53 Å². The highest BCUT2D eigenvalue weighted by molar-refractivity contribution is 8.00. The van der Waals surface area contributed by atoms with Gasteiger partial charge < -0.3 is 9.30 Å². The second kappa shape index (κ2) is 9.94. The number of hydrogen-bond donors (Lipinski definition) is 0. The highest BCUT2D eigenvalue weighted by Gasteiger charge is 2.22. The summed E-state index contributed by atoms with van der Waals surface area (Å²) >= 11 is 1.46. The molecule has 0 saturated carbocycles. The summed E-state index contributed by atoms with van der Waals surface area (Å²) in [5, 5.41) is 9.38. The predicted octanol–water partition coefficient (Wildman–Crippen LogP) is 5.54. The lowest BCUT2D eigenvalue weighted by Gasteiger charge is -2.15. The molecule has 2 aromatic carbocycles. The zero-order valence-corrected chi connectivity index (χ0v) is 19.1. The molecule has 0 radical (unpaired) electrons. The molecular weight excluding hydrogens is 394 g/mol. The zero-order chi connectivity index (χ0) is 21.7. The van der Waals surface area contributed by atoms with Crippen LogP contribution in [-0.2, 0) is 13.0 Å². The standard InChI is InChI=1S/C24H29N3O2S/c1-6-18-7-9-19(10-8-18)22(28)17(4)30-24-26-25-23(27(24)15-16(2)3)20-11-13-21(29-5)14-12-20/h7-14,16-17H,6,15H2,1-5H3/t17-/m1/s1. The molecule has 0 aliphatic rings. The number of hydrogen-bond acceptors (Lipinski definition) is 5. The topological polar surface area (TPSA) is 57.0 Å². The number of methoxy groups -OCH3 is 1. The number of ether oxygens (including phenoxy) is 1. The van der Waals surface area contributed by atoms with Gasteiger partial charge in [0.1, 0.15) is 5.75 Å². The third kappa shape index (κ3) is 5.11. The maximum Gasteiger partial charge on any atom is 0.192 e. The van der Waals surface area contributed by atoms with E-state index in [1.807, 2.05) is 55.5 Å². The molecule has 0 aliphatic heterocycles. The largest absolute Gasteiger partial charge is 0.497 e. The number of thioether (sulfide) groups is 1. The molecule has 0 aliphatic carbocycles. The van der Waals surface area contributed by atoms with Gasteiger partial charge in [-0.15, -0.1) is 10.2 Å². The Kier molecular flexibility index (Phi) is 7.32. The van der Waals surface area contributed by atoms with E-state index in [-0.39, 0.29) is 11.0 Å². The Morgan fingerprint density at radius 2 is 1.70 bits per heavy atom. The zero-order valence-electron chi connectivity index (χ0n) is 18.3. The number of rotatable bonds is 9. The second-order valence-electron chi connectivity index (χ2n) is 7.71.